The van der Waals surface area contributed by atoms with Crippen molar-refractivity contribution in [2.75, 3.05) is 24.1 Å². The first-order chi connectivity index (χ1) is 11.9. The predicted molar refractivity (Wildman–Crippen MR) is 92.2 cm³/mol. The second kappa shape index (κ2) is 7.10. The minimum atomic E-state index is -0.172. The van der Waals surface area contributed by atoms with Crippen LogP contribution in [0.1, 0.15) is 29.0 Å². The van der Waals surface area contributed by atoms with Crippen molar-refractivity contribution in [2.45, 2.75) is 19.8 Å². The number of nitrogens with zero attached hydrogens (tertiary/aromatic N) is 3. The van der Waals surface area contributed by atoms with Crippen molar-refractivity contribution in [1.29, 1.82) is 0 Å². The molecular formula is C16H18ClN5O3. The van der Waals surface area contributed by atoms with Gasteiger partial charge in [-0.1, -0.05) is 16.8 Å². The van der Waals surface area contributed by atoms with E-state index < -0.39 is 0 Å². The molecule has 132 valence electrons. The van der Waals surface area contributed by atoms with Crippen molar-refractivity contribution in [3.05, 3.63) is 34.7 Å². The van der Waals surface area contributed by atoms with Gasteiger partial charge in [-0.15, -0.1) is 0 Å². The highest BCUT2D eigenvalue weighted by atomic mass is 35.5. The van der Waals surface area contributed by atoms with E-state index in [9.17, 15) is 9.59 Å². The van der Waals surface area contributed by atoms with Crippen LogP contribution in [0.25, 0.3) is 0 Å². The molecule has 0 bridgehead atoms. The first-order valence-corrected chi connectivity index (χ1v) is 8.26. The van der Waals surface area contributed by atoms with Crippen molar-refractivity contribution < 1.29 is 14.1 Å². The summed E-state index contributed by atoms with van der Waals surface area (Å²) >= 11 is 5.92. The number of nitrogen functional groups attached to an aromatic ring is 1. The van der Waals surface area contributed by atoms with Gasteiger partial charge in [0.1, 0.15) is 11.6 Å². The number of piperidine rings is 1. The monoisotopic (exact) mass is 363 g/mol. The molecule has 1 aliphatic rings. The Labute approximate surface area is 149 Å². The Balaban J connectivity index is 1.56. The standard InChI is InChI=1S/C16H18ClN5O3/c1-9-6-13(21-25-9)20-15(23)10-2-4-22(5-3-10)16(24)11-7-12(17)14(18)19-8-11/h6-8,10H,2-5H2,1H3,(H2,18,19)(H,20,21,23). The molecule has 9 heteroatoms. The van der Waals surface area contributed by atoms with Crippen LogP contribution in [0, 0.1) is 12.8 Å². The highest BCUT2D eigenvalue weighted by molar-refractivity contribution is 6.33. The van der Waals surface area contributed by atoms with Crippen molar-refractivity contribution >= 4 is 35.1 Å². The van der Waals surface area contributed by atoms with Crippen LogP contribution in [0.4, 0.5) is 11.6 Å². The molecule has 1 saturated heterocycles. The maximum Gasteiger partial charge on any atom is 0.255 e. The van der Waals surface area contributed by atoms with Crippen LogP contribution in [0.15, 0.2) is 22.9 Å². The molecular weight excluding hydrogens is 346 g/mol. The summed E-state index contributed by atoms with van der Waals surface area (Å²) in [5.74, 6) is 0.777. The second-order valence-electron chi connectivity index (χ2n) is 5.97. The van der Waals surface area contributed by atoms with Gasteiger partial charge in [-0.05, 0) is 25.8 Å². The van der Waals surface area contributed by atoms with Gasteiger partial charge in [-0.2, -0.15) is 0 Å². The van der Waals surface area contributed by atoms with Gasteiger partial charge in [-0.25, -0.2) is 4.98 Å². The van der Waals surface area contributed by atoms with E-state index in [2.05, 4.69) is 15.5 Å². The van der Waals surface area contributed by atoms with Gasteiger partial charge < -0.3 is 20.5 Å². The van der Waals surface area contributed by atoms with Crippen LogP contribution in [-0.2, 0) is 4.79 Å². The van der Waals surface area contributed by atoms with Crippen molar-refractivity contribution in [3.63, 3.8) is 0 Å². The Bertz CT molecular complexity index is 799. The van der Waals surface area contributed by atoms with Gasteiger partial charge in [0.25, 0.3) is 5.91 Å². The Hall–Kier alpha value is -2.61. The molecule has 0 saturated carbocycles. The van der Waals surface area contributed by atoms with E-state index in [1.54, 1.807) is 17.9 Å². The lowest BCUT2D eigenvalue weighted by Crippen LogP contribution is -2.41. The van der Waals surface area contributed by atoms with Crippen LogP contribution in [-0.4, -0.2) is 39.9 Å². The molecule has 1 aliphatic heterocycles. The smallest absolute Gasteiger partial charge is 0.255 e. The van der Waals surface area contributed by atoms with Gasteiger partial charge in [-0.3, -0.25) is 9.59 Å². The fourth-order valence-corrected chi connectivity index (χ4v) is 2.91. The fraction of sp³-hybridized carbons (Fsp3) is 0.375. The van der Waals surface area contributed by atoms with Crippen molar-refractivity contribution in [3.8, 4) is 0 Å². The second-order valence-corrected chi connectivity index (χ2v) is 6.38. The molecule has 0 unspecified atom stereocenters. The molecule has 3 rings (SSSR count). The van der Waals surface area contributed by atoms with Crippen LogP contribution in [0.5, 0.6) is 0 Å². The molecule has 0 aliphatic carbocycles. The Morgan fingerprint density at radius 2 is 2.08 bits per heavy atom. The highest BCUT2D eigenvalue weighted by Crippen LogP contribution is 2.23. The van der Waals surface area contributed by atoms with E-state index in [1.807, 2.05) is 0 Å². The van der Waals surface area contributed by atoms with E-state index in [4.69, 9.17) is 21.9 Å². The zero-order valence-corrected chi connectivity index (χ0v) is 14.4. The van der Waals surface area contributed by atoms with Gasteiger partial charge in [0.05, 0.1) is 10.6 Å². The summed E-state index contributed by atoms with van der Waals surface area (Å²) in [6.07, 6.45) is 2.56. The maximum absolute atomic E-state index is 12.5. The summed E-state index contributed by atoms with van der Waals surface area (Å²) in [5, 5.41) is 6.73. The quantitative estimate of drug-likeness (QED) is 0.863. The number of hydrogen-bond donors (Lipinski definition) is 2. The van der Waals surface area contributed by atoms with Crippen LogP contribution < -0.4 is 11.1 Å². The summed E-state index contributed by atoms with van der Waals surface area (Å²) < 4.78 is 4.93. The van der Waals surface area contributed by atoms with E-state index in [0.29, 0.717) is 43.1 Å². The molecule has 2 amide bonds. The normalized spacial score (nSPS) is 15.2. The number of halogens is 1. The number of pyridine rings is 1. The van der Waals surface area contributed by atoms with E-state index in [0.717, 1.165) is 0 Å². The summed E-state index contributed by atoms with van der Waals surface area (Å²) in [6.45, 7) is 2.72. The van der Waals surface area contributed by atoms with Crippen molar-refractivity contribution in [2.24, 2.45) is 5.92 Å². The van der Waals surface area contributed by atoms with E-state index >= 15 is 0 Å². The molecule has 3 N–H and O–H groups in total. The number of aromatic nitrogens is 2. The van der Waals surface area contributed by atoms with Gasteiger partial charge in [0.2, 0.25) is 5.91 Å². The van der Waals surface area contributed by atoms with E-state index in [1.165, 1.54) is 12.3 Å². The Kier molecular flexibility index (Phi) is 4.89. The Morgan fingerprint density at radius 3 is 2.68 bits per heavy atom. The lowest BCUT2D eigenvalue weighted by atomic mass is 9.95. The van der Waals surface area contributed by atoms with Crippen LogP contribution in [0.2, 0.25) is 5.02 Å². The summed E-state index contributed by atoms with van der Waals surface area (Å²) in [6, 6.07) is 3.17. The fourth-order valence-electron chi connectivity index (χ4n) is 2.75. The number of nitrogens with two attached hydrogens (primary N) is 1. The molecule has 25 heavy (non-hydrogen) atoms. The summed E-state index contributed by atoms with van der Waals surface area (Å²) in [7, 11) is 0. The number of carbonyl (C=O) groups excluding carboxylic acids is 2. The number of nitrogens with one attached hydrogen (secondary N) is 1. The largest absolute Gasteiger partial charge is 0.382 e. The third-order valence-electron chi connectivity index (χ3n) is 4.15. The Morgan fingerprint density at radius 1 is 1.36 bits per heavy atom. The number of carbonyl (C=O) groups is 2. The van der Waals surface area contributed by atoms with Gasteiger partial charge in [0, 0.05) is 31.3 Å². The van der Waals surface area contributed by atoms with Crippen LogP contribution in [0.3, 0.4) is 0 Å². The average Bonchev–Trinajstić information content (AvgIpc) is 3.01. The predicted octanol–water partition coefficient (Wildman–Crippen LogP) is 2.10. The molecule has 3 heterocycles. The first kappa shape index (κ1) is 17.2. The molecule has 0 atom stereocenters. The minimum absolute atomic E-state index is 0.113. The molecule has 2 aromatic rings. The summed E-state index contributed by atoms with van der Waals surface area (Å²) in [4.78, 5) is 30.4. The SMILES string of the molecule is Cc1cc(NC(=O)C2CCN(C(=O)c3cnc(N)c(Cl)c3)CC2)no1. The zero-order chi connectivity index (χ0) is 18.0. The minimum Gasteiger partial charge on any atom is -0.382 e. The third kappa shape index (κ3) is 3.90. The number of rotatable bonds is 3. The van der Waals surface area contributed by atoms with Crippen LogP contribution >= 0.6 is 11.6 Å². The molecule has 1 fully saturated rings. The summed E-state index contributed by atoms with van der Waals surface area (Å²) in [5.41, 5.74) is 5.95. The van der Waals surface area contributed by atoms with Gasteiger partial charge >= 0.3 is 0 Å². The van der Waals surface area contributed by atoms with E-state index in [-0.39, 0.29) is 28.6 Å². The molecule has 2 aromatic heterocycles. The lowest BCUT2D eigenvalue weighted by molar-refractivity contribution is -0.121. The third-order valence-corrected chi connectivity index (χ3v) is 4.45. The van der Waals surface area contributed by atoms with Gasteiger partial charge in [0.15, 0.2) is 5.82 Å². The molecule has 0 aromatic carbocycles. The number of anilines is 2. The lowest BCUT2D eigenvalue weighted by Gasteiger charge is -2.31. The molecule has 0 spiro atoms. The topological polar surface area (TPSA) is 114 Å². The number of amides is 2. The highest BCUT2D eigenvalue weighted by Gasteiger charge is 2.28. The zero-order valence-electron chi connectivity index (χ0n) is 13.7. The number of hydrogen-bond acceptors (Lipinski definition) is 6. The maximum atomic E-state index is 12.5. The average molecular weight is 364 g/mol. The number of aryl methyl sites for hydroxylation is 1. The van der Waals surface area contributed by atoms with Crippen molar-refractivity contribution in [1.82, 2.24) is 15.0 Å². The first-order valence-electron chi connectivity index (χ1n) is 7.88. The number of likely N-dealkylation sites (tertiary alicyclic amines) is 1. The molecule has 0 radical (unpaired) electrons. The molecule has 8 nitrogen and oxygen atoms in total.